The Labute approximate surface area is 215 Å². The summed E-state index contributed by atoms with van der Waals surface area (Å²) in [5, 5.41) is 5.35. The van der Waals surface area contributed by atoms with E-state index in [-0.39, 0.29) is 23.6 Å². The van der Waals surface area contributed by atoms with E-state index in [1.807, 2.05) is 6.92 Å². The van der Waals surface area contributed by atoms with Crippen molar-refractivity contribution in [1.29, 1.82) is 0 Å². The molecule has 3 rings (SSSR count). The molecule has 11 heteroatoms. The first-order valence-electron chi connectivity index (χ1n) is 11.2. The van der Waals surface area contributed by atoms with E-state index in [9.17, 15) is 27.6 Å². The summed E-state index contributed by atoms with van der Waals surface area (Å²) in [5.41, 5.74) is -0.0313. The second-order valence-corrected chi connectivity index (χ2v) is 9.20. The molecule has 2 amide bonds. The summed E-state index contributed by atoms with van der Waals surface area (Å²) in [6.45, 7) is 6.90. The van der Waals surface area contributed by atoms with Gasteiger partial charge in [-0.25, -0.2) is 4.79 Å². The summed E-state index contributed by atoms with van der Waals surface area (Å²) < 4.78 is 50.1. The molecule has 0 saturated heterocycles. The fourth-order valence-electron chi connectivity index (χ4n) is 3.36. The highest BCUT2D eigenvalue weighted by molar-refractivity contribution is 7.16. The van der Waals surface area contributed by atoms with Crippen molar-refractivity contribution in [2.45, 2.75) is 40.0 Å². The molecule has 3 aromatic rings. The molecule has 1 heterocycles. The number of thiophene rings is 1. The Morgan fingerprint density at radius 3 is 2.27 bits per heavy atom. The number of ether oxygens (including phenoxy) is 2. The van der Waals surface area contributed by atoms with E-state index in [2.05, 4.69) is 10.6 Å². The number of nitrogens with one attached hydrogen (secondary N) is 2. The van der Waals surface area contributed by atoms with E-state index in [0.717, 1.165) is 22.6 Å². The standard InChI is InChI=1S/C26H25F3N2O5S/c1-5-35-25(34)21-14(2)16(4)37-24(21)31-23(33)17-10-12-18(13-11-17)36-15(3)22(32)30-20-9-7-6-8-19(20)26(27,28)29/h6-13,15H,5H2,1-4H3,(H,30,32)(H,31,33)/t15-/m0/s1. The zero-order valence-electron chi connectivity index (χ0n) is 20.5. The van der Waals surface area contributed by atoms with Crippen LogP contribution < -0.4 is 15.4 Å². The fraction of sp³-hybridized carbons (Fsp3) is 0.269. The van der Waals surface area contributed by atoms with Gasteiger partial charge in [0.1, 0.15) is 10.8 Å². The van der Waals surface area contributed by atoms with Crippen LogP contribution in [-0.2, 0) is 15.7 Å². The SMILES string of the molecule is CCOC(=O)c1c(NC(=O)c2ccc(O[C@@H](C)C(=O)Nc3ccccc3C(F)(F)F)cc2)sc(C)c1C. The number of carbonyl (C=O) groups excluding carboxylic acids is 3. The lowest BCUT2D eigenvalue weighted by Crippen LogP contribution is -2.31. The molecule has 0 aliphatic heterocycles. The van der Waals surface area contributed by atoms with Crippen molar-refractivity contribution in [1.82, 2.24) is 0 Å². The molecule has 196 valence electrons. The van der Waals surface area contributed by atoms with Crippen LogP contribution in [0.3, 0.4) is 0 Å². The van der Waals surface area contributed by atoms with E-state index in [4.69, 9.17) is 9.47 Å². The molecule has 0 saturated carbocycles. The average Bonchev–Trinajstić information content (AvgIpc) is 3.11. The Morgan fingerprint density at radius 1 is 1.00 bits per heavy atom. The molecule has 2 aromatic carbocycles. The molecule has 1 aromatic heterocycles. The number of carbonyl (C=O) groups is 3. The van der Waals surface area contributed by atoms with Crippen LogP contribution in [0.5, 0.6) is 5.75 Å². The summed E-state index contributed by atoms with van der Waals surface area (Å²) >= 11 is 1.26. The quantitative estimate of drug-likeness (QED) is 0.335. The van der Waals surface area contributed by atoms with Gasteiger partial charge in [-0.3, -0.25) is 9.59 Å². The molecule has 37 heavy (non-hydrogen) atoms. The summed E-state index contributed by atoms with van der Waals surface area (Å²) in [7, 11) is 0. The lowest BCUT2D eigenvalue weighted by atomic mass is 10.1. The van der Waals surface area contributed by atoms with Crippen LogP contribution in [0, 0.1) is 13.8 Å². The summed E-state index contributed by atoms with van der Waals surface area (Å²) in [6.07, 6.45) is -5.74. The van der Waals surface area contributed by atoms with Crippen LogP contribution in [0.2, 0.25) is 0 Å². The van der Waals surface area contributed by atoms with Gasteiger partial charge in [0, 0.05) is 10.4 Å². The number of benzene rings is 2. The van der Waals surface area contributed by atoms with Crippen molar-refractivity contribution in [2.24, 2.45) is 0 Å². The third kappa shape index (κ3) is 6.67. The molecule has 0 radical (unpaired) electrons. The number of amides is 2. The summed E-state index contributed by atoms with van der Waals surface area (Å²) in [6, 6.07) is 10.5. The van der Waals surface area contributed by atoms with E-state index in [1.165, 1.54) is 54.7 Å². The molecule has 0 spiro atoms. The highest BCUT2D eigenvalue weighted by atomic mass is 32.1. The highest BCUT2D eigenvalue weighted by Crippen LogP contribution is 2.35. The van der Waals surface area contributed by atoms with Gasteiger partial charge in [-0.05, 0) is 69.7 Å². The summed E-state index contributed by atoms with van der Waals surface area (Å²) in [4.78, 5) is 38.4. The molecule has 2 N–H and O–H groups in total. The fourth-order valence-corrected chi connectivity index (χ4v) is 4.40. The topological polar surface area (TPSA) is 93.7 Å². The maximum atomic E-state index is 13.2. The molecular weight excluding hydrogens is 509 g/mol. The molecule has 0 aliphatic rings. The van der Waals surface area contributed by atoms with E-state index in [1.54, 1.807) is 13.8 Å². The first-order valence-corrected chi connectivity index (χ1v) is 12.1. The summed E-state index contributed by atoms with van der Waals surface area (Å²) in [5.74, 6) is -1.52. The number of aryl methyl sites for hydroxylation is 1. The van der Waals surface area contributed by atoms with Crippen molar-refractivity contribution in [3.05, 3.63) is 75.7 Å². The van der Waals surface area contributed by atoms with Crippen molar-refractivity contribution in [3.63, 3.8) is 0 Å². The Kier molecular flexibility index (Phi) is 8.59. The number of anilines is 2. The average molecular weight is 535 g/mol. The van der Waals surface area contributed by atoms with Crippen molar-refractivity contribution in [3.8, 4) is 5.75 Å². The number of para-hydroxylation sites is 1. The largest absolute Gasteiger partial charge is 0.481 e. The predicted molar refractivity (Wildman–Crippen MR) is 134 cm³/mol. The van der Waals surface area contributed by atoms with Gasteiger partial charge in [0.25, 0.3) is 11.8 Å². The molecule has 1 atom stereocenters. The minimum absolute atomic E-state index is 0.202. The lowest BCUT2D eigenvalue weighted by molar-refractivity contribution is -0.137. The van der Waals surface area contributed by atoms with Crippen LogP contribution in [0.25, 0.3) is 0 Å². The van der Waals surface area contributed by atoms with Gasteiger partial charge >= 0.3 is 12.1 Å². The Balaban J connectivity index is 1.66. The molecule has 0 bridgehead atoms. The molecule has 0 unspecified atom stereocenters. The molecule has 0 aliphatic carbocycles. The maximum absolute atomic E-state index is 13.2. The zero-order chi connectivity index (χ0) is 27.3. The number of hydrogen-bond donors (Lipinski definition) is 2. The first-order chi connectivity index (χ1) is 17.4. The smallest absolute Gasteiger partial charge is 0.418 e. The van der Waals surface area contributed by atoms with Gasteiger partial charge < -0.3 is 20.1 Å². The molecule has 0 fully saturated rings. The van der Waals surface area contributed by atoms with Crippen LogP contribution >= 0.6 is 11.3 Å². The first kappa shape index (κ1) is 27.7. The Morgan fingerprint density at radius 2 is 1.65 bits per heavy atom. The zero-order valence-corrected chi connectivity index (χ0v) is 21.3. The number of esters is 1. The number of rotatable bonds is 8. The number of alkyl halides is 3. The predicted octanol–water partition coefficient (Wildman–Crippen LogP) is 6.22. The normalized spacial score (nSPS) is 12.0. The number of halogens is 3. The van der Waals surface area contributed by atoms with Gasteiger partial charge in [0.05, 0.1) is 23.4 Å². The van der Waals surface area contributed by atoms with Gasteiger partial charge in [0.2, 0.25) is 0 Å². The number of hydrogen-bond acceptors (Lipinski definition) is 6. The molecular formula is C26H25F3N2O5S. The van der Waals surface area contributed by atoms with Crippen molar-refractivity contribution in [2.75, 3.05) is 17.2 Å². The Hall–Kier alpha value is -3.86. The van der Waals surface area contributed by atoms with Crippen molar-refractivity contribution < 1.29 is 37.0 Å². The third-order valence-corrected chi connectivity index (χ3v) is 6.50. The van der Waals surface area contributed by atoms with Crippen LogP contribution in [0.1, 0.15) is 50.6 Å². The van der Waals surface area contributed by atoms with Gasteiger partial charge in [-0.1, -0.05) is 12.1 Å². The van der Waals surface area contributed by atoms with Gasteiger partial charge in [-0.2, -0.15) is 13.2 Å². The lowest BCUT2D eigenvalue weighted by Gasteiger charge is -2.17. The van der Waals surface area contributed by atoms with Gasteiger partial charge in [-0.15, -0.1) is 11.3 Å². The second kappa shape index (κ2) is 11.5. The van der Waals surface area contributed by atoms with E-state index >= 15 is 0 Å². The molecule has 7 nitrogen and oxygen atoms in total. The minimum Gasteiger partial charge on any atom is -0.481 e. The monoisotopic (exact) mass is 534 g/mol. The van der Waals surface area contributed by atoms with Crippen LogP contribution in [0.15, 0.2) is 48.5 Å². The van der Waals surface area contributed by atoms with Gasteiger partial charge in [0.15, 0.2) is 6.10 Å². The van der Waals surface area contributed by atoms with Crippen LogP contribution in [-0.4, -0.2) is 30.5 Å². The minimum atomic E-state index is -4.62. The second-order valence-electron chi connectivity index (χ2n) is 7.98. The highest BCUT2D eigenvalue weighted by Gasteiger charge is 2.34. The maximum Gasteiger partial charge on any atom is 0.418 e. The van der Waals surface area contributed by atoms with Crippen molar-refractivity contribution >= 4 is 39.8 Å². The van der Waals surface area contributed by atoms with E-state index < -0.39 is 35.6 Å². The van der Waals surface area contributed by atoms with Crippen LogP contribution in [0.4, 0.5) is 23.9 Å². The Bertz CT molecular complexity index is 1300. The van der Waals surface area contributed by atoms with E-state index in [0.29, 0.717) is 10.6 Å². The third-order valence-electron chi connectivity index (χ3n) is 5.38.